The SMILES string of the molecule is CC[C@H](C(=O)N[C@@H](C)CC)N(Cc1ccccc1)C(=O)Cc1ccccc1C. The van der Waals surface area contributed by atoms with Gasteiger partial charge in [0.2, 0.25) is 11.8 Å². The third-order valence-corrected chi connectivity index (χ3v) is 5.19. The summed E-state index contributed by atoms with van der Waals surface area (Å²) in [5.74, 6) is -0.102. The van der Waals surface area contributed by atoms with Crippen molar-refractivity contribution in [2.45, 2.75) is 65.6 Å². The summed E-state index contributed by atoms with van der Waals surface area (Å²) in [7, 11) is 0. The van der Waals surface area contributed by atoms with Crippen LogP contribution in [0.2, 0.25) is 0 Å². The van der Waals surface area contributed by atoms with E-state index < -0.39 is 6.04 Å². The Hall–Kier alpha value is -2.62. The molecule has 2 atom stereocenters. The minimum atomic E-state index is -0.481. The van der Waals surface area contributed by atoms with E-state index in [1.54, 1.807) is 4.90 Å². The molecular formula is C24H32N2O2. The number of carbonyl (C=O) groups is 2. The molecule has 2 rings (SSSR count). The number of nitrogens with one attached hydrogen (secondary N) is 1. The van der Waals surface area contributed by atoms with Crippen LogP contribution in [0, 0.1) is 6.92 Å². The summed E-state index contributed by atoms with van der Waals surface area (Å²) in [5.41, 5.74) is 3.12. The second-order valence-corrected chi connectivity index (χ2v) is 7.35. The first-order chi connectivity index (χ1) is 13.5. The average Bonchev–Trinajstić information content (AvgIpc) is 2.70. The van der Waals surface area contributed by atoms with Gasteiger partial charge in [-0.25, -0.2) is 0 Å². The lowest BCUT2D eigenvalue weighted by Crippen LogP contribution is -2.51. The number of carbonyl (C=O) groups excluding carboxylic acids is 2. The van der Waals surface area contributed by atoms with Gasteiger partial charge in [0.25, 0.3) is 0 Å². The Morgan fingerprint density at radius 2 is 1.61 bits per heavy atom. The molecule has 0 aliphatic heterocycles. The smallest absolute Gasteiger partial charge is 0.243 e. The van der Waals surface area contributed by atoms with Crippen LogP contribution in [0.5, 0.6) is 0 Å². The van der Waals surface area contributed by atoms with Gasteiger partial charge in [-0.3, -0.25) is 9.59 Å². The average molecular weight is 381 g/mol. The van der Waals surface area contributed by atoms with Crippen molar-refractivity contribution in [2.24, 2.45) is 0 Å². The minimum absolute atomic E-state index is 0.0238. The van der Waals surface area contributed by atoms with E-state index in [1.807, 2.05) is 82.3 Å². The maximum absolute atomic E-state index is 13.3. The number of aryl methyl sites for hydroxylation is 1. The highest BCUT2D eigenvalue weighted by atomic mass is 16.2. The number of rotatable bonds is 9. The molecule has 0 heterocycles. The van der Waals surface area contributed by atoms with Crippen LogP contribution in [0.3, 0.4) is 0 Å². The van der Waals surface area contributed by atoms with Crippen molar-refractivity contribution in [2.75, 3.05) is 0 Å². The van der Waals surface area contributed by atoms with Crippen LogP contribution in [-0.4, -0.2) is 28.8 Å². The van der Waals surface area contributed by atoms with Gasteiger partial charge in [-0.05, 0) is 43.4 Å². The zero-order chi connectivity index (χ0) is 20.5. The Balaban J connectivity index is 2.27. The molecule has 0 spiro atoms. The van der Waals surface area contributed by atoms with E-state index >= 15 is 0 Å². The summed E-state index contributed by atoms with van der Waals surface area (Å²) in [6.07, 6.45) is 1.74. The highest BCUT2D eigenvalue weighted by molar-refractivity contribution is 5.88. The molecule has 28 heavy (non-hydrogen) atoms. The molecule has 0 bridgehead atoms. The molecule has 4 heteroatoms. The van der Waals surface area contributed by atoms with E-state index in [2.05, 4.69) is 5.32 Å². The highest BCUT2D eigenvalue weighted by Crippen LogP contribution is 2.16. The zero-order valence-corrected chi connectivity index (χ0v) is 17.4. The molecule has 0 saturated heterocycles. The summed E-state index contributed by atoms with van der Waals surface area (Å²) >= 11 is 0. The minimum Gasteiger partial charge on any atom is -0.352 e. The summed E-state index contributed by atoms with van der Waals surface area (Å²) in [4.78, 5) is 27.9. The Bertz CT molecular complexity index is 773. The van der Waals surface area contributed by atoms with Crippen molar-refractivity contribution in [1.29, 1.82) is 0 Å². The Morgan fingerprint density at radius 3 is 2.21 bits per heavy atom. The first-order valence-corrected chi connectivity index (χ1v) is 10.1. The van der Waals surface area contributed by atoms with Crippen LogP contribution in [0.4, 0.5) is 0 Å². The lowest BCUT2D eigenvalue weighted by atomic mass is 10.0. The molecule has 0 unspecified atom stereocenters. The number of benzene rings is 2. The van der Waals surface area contributed by atoms with Gasteiger partial charge >= 0.3 is 0 Å². The molecule has 4 nitrogen and oxygen atoms in total. The van der Waals surface area contributed by atoms with E-state index in [0.717, 1.165) is 23.1 Å². The van der Waals surface area contributed by atoms with Gasteiger partial charge in [-0.1, -0.05) is 68.4 Å². The lowest BCUT2D eigenvalue weighted by molar-refractivity contribution is -0.141. The van der Waals surface area contributed by atoms with Gasteiger partial charge in [0.05, 0.1) is 6.42 Å². The first kappa shape index (κ1) is 21.7. The lowest BCUT2D eigenvalue weighted by Gasteiger charge is -2.31. The van der Waals surface area contributed by atoms with Gasteiger partial charge in [-0.15, -0.1) is 0 Å². The maximum atomic E-state index is 13.3. The predicted octanol–water partition coefficient (Wildman–Crippen LogP) is 4.26. The van der Waals surface area contributed by atoms with Crippen LogP contribution < -0.4 is 5.32 Å². The third kappa shape index (κ3) is 5.95. The summed E-state index contributed by atoms with van der Waals surface area (Å²) in [6.45, 7) is 8.42. The second-order valence-electron chi connectivity index (χ2n) is 7.35. The van der Waals surface area contributed by atoms with Gasteiger partial charge in [0.15, 0.2) is 0 Å². The molecule has 0 aliphatic rings. The van der Waals surface area contributed by atoms with Gasteiger partial charge < -0.3 is 10.2 Å². The van der Waals surface area contributed by atoms with Crippen molar-refractivity contribution in [3.05, 3.63) is 71.3 Å². The van der Waals surface area contributed by atoms with Crippen LogP contribution in [0.25, 0.3) is 0 Å². The van der Waals surface area contributed by atoms with E-state index in [4.69, 9.17) is 0 Å². The summed E-state index contributed by atoms with van der Waals surface area (Å²) < 4.78 is 0. The van der Waals surface area contributed by atoms with Crippen molar-refractivity contribution in [3.63, 3.8) is 0 Å². The highest BCUT2D eigenvalue weighted by Gasteiger charge is 2.29. The number of hydrogen-bond donors (Lipinski definition) is 1. The monoisotopic (exact) mass is 380 g/mol. The van der Waals surface area contributed by atoms with Crippen molar-refractivity contribution < 1.29 is 9.59 Å². The molecule has 2 aromatic rings. The predicted molar refractivity (Wildman–Crippen MR) is 114 cm³/mol. The molecule has 1 N–H and O–H groups in total. The van der Waals surface area contributed by atoms with E-state index in [-0.39, 0.29) is 17.9 Å². The van der Waals surface area contributed by atoms with Crippen LogP contribution >= 0.6 is 0 Å². The molecule has 2 aromatic carbocycles. The molecule has 0 saturated carbocycles. The standard InChI is InChI=1S/C24H32N2O2/c1-5-19(4)25-24(28)22(6-2)26(17-20-13-8-7-9-14-20)23(27)16-21-15-11-10-12-18(21)3/h7-15,19,22H,5-6,16-17H2,1-4H3,(H,25,28)/t19-,22+/m0/s1. The van der Waals surface area contributed by atoms with Crippen LogP contribution in [-0.2, 0) is 22.6 Å². The first-order valence-electron chi connectivity index (χ1n) is 10.1. The quantitative estimate of drug-likeness (QED) is 0.707. The van der Waals surface area contributed by atoms with Crippen molar-refractivity contribution in [1.82, 2.24) is 10.2 Å². The molecular weight excluding hydrogens is 348 g/mol. The zero-order valence-electron chi connectivity index (χ0n) is 17.4. The van der Waals surface area contributed by atoms with E-state index in [1.165, 1.54) is 0 Å². The third-order valence-electron chi connectivity index (χ3n) is 5.19. The Kier molecular flexibility index (Phi) is 8.24. The second kappa shape index (κ2) is 10.6. The summed E-state index contributed by atoms with van der Waals surface area (Å²) in [5, 5.41) is 3.04. The Morgan fingerprint density at radius 1 is 0.964 bits per heavy atom. The molecule has 0 aliphatic carbocycles. The molecule has 0 aromatic heterocycles. The Labute approximate surface area is 169 Å². The number of hydrogen-bond acceptors (Lipinski definition) is 2. The van der Waals surface area contributed by atoms with Gasteiger partial charge in [-0.2, -0.15) is 0 Å². The maximum Gasteiger partial charge on any atom is 0.243 e. The van der Waals surface area contributed by atoms with E-state index in [9.17, 15) is 9.59 Å². The van der Waals surface area contributed by atoms with Crippen molar-refractivity contribution in [3.8, 4) is 0 Å². The topological polar surface area (TPSA) is 49.4 Å². The largest absolute Gasteiger partial charge is 0.352 e. The summed E-state index contributed by atoms with van der Waals surface area (Å²) in [6, 6.07) is 17.4. The van der Waals surface area contributed by atoms with Gasteiger partial charge in [0.1, 0.15) is 6.04 Å². The van der Waals surface area contributed by atoms with Crippen LogP contribution in [0.1, 0.15) is 50.3 Å². The number of amides is 2. The molecule has 0 radical (unpaired) electrons. The fourth-order valence-corrected chi connectivity index (χ4v) is 3.21. The fraction of sp³-hybridized carbons (Fsp3) is 0.417. The molecule has 150 valence electrons. The molecule has 0 fully saturated rings. The normalized spacial score (nSPS) is 12.9. The number of nitrogens with zero attached hydrogens (tertiary/aromatic N) is 1. The van der Waals surface area contributed by atoms with E-state index in [0.29, 0.717) is 19.4 Å². The van der Waals surface area contributed by atoms with Crippen molar-refractivity contribution >= 4 is 11.8 Å². The van der Waals surface area contributed by atoms with Crippen LogP contribution in [0.15, 0.2) is 54.6 Å². The van der Waals surface area contributed by atoms with Gasteiger partial charge in [0, 0.05) is 12.6 Å². The molecule has 2 amide bonds. The fourth-order valence-electron chi connectivity index (χ4n) is 3.21.